The largest absolute Gasteiger partial charge is 0.229 e. The Hall–Kier alpha value is -0.0500. The van der Waals surface area contributed by atoms with Crippen LogP contribution in [-0.2, 0) is 9.84 Å². The van der Waals surface area contributed by atoms with E-state index in [2.05, 4.69) is 0 Å². The van der Waals surface area contributed by atoms with Gasteiger partial charge < -0.3 is 0 Å². The Morgan fingerprint density at radius 2 is 1.17 bits per heavy atom. The van der Waals surface area contributed by atoms with Crippen LogP contribution in [0.25, 0.3) is 0 Å². The molecular formula is C3H6O2S. The minimum Gasteiger partial charge on any atom is -0.229 e. The summed E-state index contributed by atoms with van der Waals surface area (Å²) in [5.41, 5.74) is 0. The third-order valence-electron chi connectivity index (χ3n) is 0. The van der Waals surface area contributed by atoms with Gasteiger partial charge in [-0.3, -0.25) is 0 Å². The summed E-state index contributed by atoms with van der Waals surface area (Å²) >= 11 is 0. The van der Waals surface area contributed by atoms with Crippen molar-refractivity contribution in [3.8, 4) is 0 Å². The Morgan fingerprint density at radius 1 is 1.17 bits per heavy atom. The molecule has 0 aliphatic heterocycles. The summed E-state index contributed by atoms with van der Waals surface area (Å²) in [6, 6.07) is 0. The van der Waals surface area contributed by atoms with Crippen LogP contribution in [0.5, 0.6) is 0 Å². The lowest BCUT2D eigenvalue weighted by Gasteiger charge is -1.69. The van der Waals surface area contributed by atoms with Gasteiger partial charge in [0, 0.05) is 19.9 Å². The number of sulfone groups is 1. The summed E-state index contributed by atoms with van der Waals surface area (Å²) in [7, 11) is -2.67. The first kappa shape index (κ1) is 9.34. The molecule has 0 heterocycles. The molecule has 0 aromatic carbocycles. The first-order chi connectivity index (χ1) is 2.00. The maximum Gasteiger partial charge on any atom is 0.144 e. The van der Waals surface area contributed by atoms with Gasteiger partial charge in [-0.15, -0.1) is 0 Å². The second-order valence-electron chi connectivity index (χ2n) is 1.14. The predicted octanol–water partition coefficient (Wildman–Crippen LogP) is -0.258. The average molecular weight is 106 g/mol. The van der Waals surface area contributed by atoms with Crippen LogP contribution in [0.1, 0.15) is 0 Å². The van der Waals surface area contributed by atoms with Gasteiger partial charge in [-0.05, 0) is 0 Å². The molecule has 0 aromatic heterocycles. The lowest BCUT2D eigenvalue weighted by atomic mass is 11.9. The van der Waals surface area contributed by atoms with Crippen LogP contribution in [0.15, 0.2) is 0 Å². The van der Waals surface area contributed by atoms with E-state index in [4.69, 9.17) is 0 Å². The van der Waals surface area contributed by atoms with Crippen molar-refractivity contribution in [3.63, 3.8) is 0 Å². The van der Waals surface area contributed by atoms with Crippen LogP contribution < -0.4 is 0 Å². The molecule has 0 aromatic rings. The van der Waals surface area contributed by atoms with Gasteiger partial charge in [0.15, 0.2) is 0 Å². The maximum atomic E-state index is 9.63. The van der Waals surface area contributed by atoms with Crippen molar-refractivity contribution < 1.29 is 8.42 Å². The molecule has 0 saturated heterocycles. The Balaban J connectivity index is 0. The van der Waals surface area contributed by atoms with Gasteiger partial charge >= 0.3 is 0 Å². The van der Waals surface area contributed by atoms with Crippen LogP contribution in [0.4, 0.5) is 0 Å². The molecular weight excluding hydrogens is 100 g/mol. The monoisotopic (exact) mass is 106 g/mol. The highest BCUT2D eigenvalue weighted by Crippen LogP contribution is 1.61. The highest BCUT2D eigenvalue weighted by Gasteiger charge is 1.79. The molecule has 0 saturated carbocycles. The van der Waals surface area contributed by atoms with Gasteiger partial charge in [0.2, 0.25) is 0 Å². The van der Waals surface area contributed by atoms with E-state index in [1.54, 1.807) is 0 Å². The second kappa shape index (κ2) is 2.18. The fraction of sp³-hybridized carbons (Fsp3) is 0.667. The molecule has 36 valence electrons. The summed E-state index contributed by atoms with van der Waals surface area (Å²) < 4.78 is 19.3. The highest BCUT2D eigenvalue weighted by atomic mass is 32.2. The van der Waals surface area contributed by atoms with Crippen molar-refractivity contribution in [1.29, 1.82) is 0 Å². The van der Waals surface area contributed by atoms with Crippen molar-refractivity contribution in [3.05, 3.63) is 7.43 Å². The van der Waals surface area contributed by atoms with Gasteiger partial charge in [-0.2, -0.15) is 0 Å². The zero-order valence-corrected chi connectivity index (χ0v) is 4.54. The lowest BCUT2D eigenvalue weighted by Crippen LogP contribution is -1.86. The molecule has 0 spiro atoms. The van der Waals surface area contributed by atoms with Crippen molar-refractivity contribution in [2.24, 2.45) is 0 Å². The normalized spacial score (nSPS) is 9.67. The molecule has 0 rings (SSSR count). The minimum atomic E-state index is -2.67. The average Bonchev–Trinajstić information content (AvgIpc) is 0.722. The Bertz CT molecular complexity index is 92.0. The van der Waals surface area contributed by atoms with Crippen molar-refractivity contribution in [2.45, 2.75) is 0 Å². The van der Waals surface area contributed by atoms with E-state index in [1.807, 2.05) is 0 Å². The van der Waals surface area contributed by atoms with Gasteiger partial charge in [-0.25, -0.2) is 8.42 Å². The van der Waals surface area contributed by atoms with Gasteiger partial charge in [0.25, 0.3) is 0 Å². The predicted molar refractivity (Wildman–Crippen MR) is 24.0 cm³/mol. The zero-order valence-electron chi connectivity index (χ0n) is 3.72. The van der Waals surface area contributed by atoms with Gasteiger partial charge in [0.1, 0.15) is 9.84 Å². The van der Waals surface area contributed by atoms with Crippen molar-refractivity contribution >= 4 is 9.84 Å². The quantitative estimate of drug-likeness (QED) is 0.426. The summed E-state index contributed by atoms with van der Waals surface area (Å²) in [4.78, 5) is 0. The topological polar surface area (TPSA) is 34.1 Å². The van der Waals surface area contributed by atoms with E-state index in [1.165, 1.54) is 0 Å². The fourth-order valence-electron chi connectivity index (χ4n) is 0. The molecule has 0 aliphatic rings. The summed E-state index contributed by atoms with van der Waals surface area (Å²) in [5.74, 6) is 0. The first-order valence-corrected chi connectivity index (χ1v) is 3.45. The molecule has 0 fully saturated rings. The number of hydrogen-bond acceptors (Lipinski definition) is 2. The highest BCUT2D eigenvalue weighted by molar-refractivity contribution is 7.89. The number of hydrogen-bond donors (Lipinski definition) is 0. The molecule has 0 unspecified atom stereocenters. The third-order valence-corrected chi connectivity index (χ3v) is 0. The summed E-state index contributed by atoms with van der Waals surface area (Å²) in [6.07, 6.45) is 2.32. The molecule has 4 radical (unpaired) electrons. The standard InChI is InChI=1S/C2H6O2S.C/c1-5(2,3)4;/h1-2H3;. The molecule has 0 aliphatic carbocycles. The molecule has 2 nitrogen and oxygen atoms in total. The third kappa shape index (κ3) is 13700. The van der Waals surface area contributed by atoms with E-state index in [0.717, 1.165) is 12.5 Å². The molecule has 0 N–H and O–H groups in total. The number of rotatable bonds is 0. The Labute approximate surface area is 39.1 Å². The van der Waals surface area contributed by atoms with Gasteiger partial charge in [0.05, 0.1) is 0 Å². The van der Waals surface area contributed by atoms with E-state index < -0.39 is 9.84 Å². The maximum absolute atomic E-state index is 9.63. The minimum absolute atomic E-state index is 0. The van der Waals surface area contributed by atoms with E-state index in [0.29, 0.717) is 0 Å². The fourth-order valence-corrected chi connectivity index (χ4v) is 0. The molecule has 3 heteroatoms. The van der Waals surface area contributed by atoms with Crippen LogP contribution >= 0.6 is 0 Å². The van der Waals surface area contributed by atoms with Crippen molar-refractivity contribution in [2.75, 3.05) is 12.5 Å². The van der Waals surface area contributed by atoms with Crippen LogP contribution in [0.2, 0.25) is 0 Å². The van der Waals surface area contributed by atoms with Crippen molar-refractivity contribution in [1.82, 2.24) is 0 Å². The smallest absolute Gasteiger partial charge is 0.144 e. The molecule has 0 amide bonds. The van der Waals surface area contributed by atoms with Crippen LogP contribution in [0.3, 0.4) is 0 Å². The SMILES string of the molecule is CS(C)(=O)=O.[C]. The summed E-state index contributed by atoms with van der Waals surface area (Å²) in [6.45, 7) is 0. The van der Waals surface area contributed by atoms with E-state index >= 15 is 0 Å². The molecule has 0 atom stereocenters. The summed E-state index contributed by atoms with van der Waals surface area (Å²) in [5, 5.41) is 0. The zero-order chi connectivity index (χ0) is 4.50. The second-order valence-corrected chi connectivity index (χ2v) is 3.43. The first-order valence-electron chi connectivity index (χ1n) is 1.15. The van der Waals surface area contributed by atoms with Gasteiger partial charge in [-0.1, -0.05) is 0 Å². The van der Waals surface area contributed by atoms with E-state index in [9.17, 15) is 8.42 Å². The van der Waals surface area contributed by atoms with Crippen LogP contribution in [-0.4, -0.2) is 20.9 Å². The Morgan fingerprint density at radius 3 is 1.17 bits per heavy atom. The van der Waals surface area contributed by atoms with Crippen LogP contribution in [0, 0.1) is 7.43 Å². The Kier molecular flexibility index (Phi) is 3.40. The van der Waals surface area contributed by atoms with E-state index in [-0.39, 0.29) is 7.43 Å². The molecule has 6 heavy (non-hydrogen) atoms. The molecule has 0 bridgehead atoms. The lowest BCUT2D eigenvalue weighted by molar-refractivity contribution is 0.607.